The molecule has 0 spiro atoms. The van der Waals surface area contributed by atoms with Gasteiger partial charge in [-0.1, -0.05) is 13.8 Å². The number of nitrogens with one attached hydrogen (secondary N) is 1. The zero-order valence-electron chi connectivity index (χ0n) is 27.0. The number of alkyl carbamates (subject to hydrolysis) is 1. The Labute approximate surface area is 271 Å². The first-order valence-corrected chi connectivity index (χ1v) is 15.6. The van der Waals surface area contributed by atoms with Gasteiger partial charge in [0, 0.05) is 10.9 Å². The number of ether oxygens (including phenoxy) is 4. The minimum atomic E-state index is -0.638. The van der Waals surface area contributed by atoms with Crippen molar-refractivity contribution in [1.29, 1.82) is 0 Å². The van der Waals surface area contributed by atoms with Crippen LogP contribution in [0, 0.1) is 0 Å². The first kappa shape index (κ1) is 31.7. The molecule has 47 heavy (non-hydrogen) atoms. The third-order valence-corrected chi connectivity index (χ3v) is 8.14. The fourth-order valence-electron chi connectivity index (χ4n) is 6.01. The van der Waals surface area contributed by atoms with E-state index in [0.717, 1.165) is 27.8 Å². The summed E-state index contributed by atoms with van der Waals surface area (Å²) in [5.74, 6) is -0.665. The quantitative estimate of drug-likeness (QED) is 0.139. The molecule has 1 aromatic carbocycles. The van der Waals surface area contributed by atoms with Crippen molar-refractivity contribution in [1.82, 2.24) is 19.9 Å². The average molecular weight is 641 g/mol. The molecule has 1 atom stereocenters. The Morgan fingerprint density at radius 1 is 1.06 bits per heavy atom. The fraction of sp³-hybridized carbons (Fsp3) is 0.371. The number of hydrogen-bond acceptors (Lipinski definition) is 10. The van der Waals surface area contributed by atoms with Gasteiger partial charge in [0.1, 0.15) is 36.0 Å². The molecule has 244 valence electrons. The topological polar surface area (TPSA) is 148 Å². The van der Waals surface area contributed by atoms with E-state index >= 15 is 0 Å². The SMILES string of the molecule is CCc1c2c(nc3ccc(OC(=O)c4ccc(OCCNC(=O)OC(C)(C)C)cn4)cc13)-c1cc3c(c(=O)n1C2)COC(=O)C3CC. The molecule has 2 aliphatic heterocycles. The lowest BCUT2D eigenvalue weighted by atomic mass is 9.90. The van der Waals surface area contributed by atoms with Gasteiger partial charge in [-0.05, 0) is 81.1 Å². The van der Waals surface area contributed by atoms with E-state index in [9.17, 15) is 19.2 Å². The van der Waals surface area contributed by atoms with E-state index in [2.05, 4.69) is 10.3 Å². The Morgan fingerprint density at radius 2 is 1.85 bits per heavy atom. The van der Waals surface area contributed by atoms with Gasteiger partial charge in [-0.2, -0.15) is 0 Å². The summed E-state index contributed by atoms with van der Waals surface area (Å²) in [6.07, 6.45) is 2.08. The number of cyclic esters (lactones) is 1. The Hall–Kier alpha value is -5.26. The molecule has 12 nitrogen and oxygen atoms in total. The zero-order chi connectivity index (χ0) is 33.5. The van der Waals surface area contributed by atoms with Crippen molar-refractivity contribution in [3.8, 4) is 22.9 Å². The van der Waals surface area contributed by atoms with Gasteiger partial charge >= 0.3 is 18.0 Å². The Balaban J connectivity index is 1.18. The van der Waals surface area contributed by atoms with Crippen LogP contribution in [0.3, 0.4) is 0 Å². The first-order valence-electron chi connectivity index (χ1n) is 15.6. The molecule has 1 N–H and O–H groups in total. The standard InChI is InChI=1S/C35H36N4O8/c1-6-21-24-14-19(46-33(42)28-11-9-20(16-37-28)44-13-12-36-34(43)47-35(3,4)5)8-10-27(24)38-30-25(21)17-39-29(30)15-23-22(7-2)32(41)45-18-26(23)31(39)40/h8-11,14-16,22H,6-7,12-13,17-18H2,1-5H3,(H,36,43). The average Bonchev–Trinajstić information content (AvgIpc) is 3.39. The molecule has 6 rings (SSSR count). The van der Waals surface area contributed by atoms with Crippen LogP contribution in [-0.4, -0.2) is 51.3 Å². The molecule has 5 heterocycles. The van der Waals surface area contributed by atoms with E-state index in [4.69, 9.17) is 23.9 Å². The van der Waals surface area contributed by atoms with Crippen LogP contribution >= 0.6 is 0 Å². The van der Waals surface area contributed by atoms with Crippen molar-refractivity contribution < 1.29 is 33.3 Å². The van der Waals surface area contributed by atoms with Crippen molar-refractivity contribution in [2.45, 2.75) is 72.1 Å². The fourth-order valence-corrected chi connectivity index (χ4v) is 6.01. The molecule has 0 aliphatic carbocycles. The van der Waals surface area contributed by atoms with Crippen LogP contribution in [-0.2, 0) is 33.8 Å². The number of fused-ring (bicyclic) bond motifs is 5. The van der Waals surface area contributed by atoms with Crippen LogP contribution in [0.2, 0.25) is 0 Å². The molecule has 0 fully saturated rings. The van der Waals surface area contributed by atoms with Gasteiger partial charge in [-0.15, -0.1) is 0 Å². The minimum Gasteiger partial charge on any atom is -0.490 e. The lowest BCUT2D eigenvalue weighted by molar-refractivity contribution is -0.148. The van der Waals surface area contributed by atoms with Gasteiger partial charge in [0.25, 0.3) is 5.56 Å². The molecule has 12 heteroatoms. The molecule has 1 unspecified atom stereocenters. The minimum absolute atomic E-state index is 0.0250. The summed E-state index contributed by atoms with van der Waals surface area (Å²) in [5, 5.41) is 3.43. The number of carbonyl (C=O) groups excluding carboxylic acids is 3. The number of aryl methyl sites for hydroxylation is 1. The normalized spacial score (nSPS) is 14.9. The second kappa shape index (κ2) is 12.5. The smallest absolute Gasteiger partial charge is 0.407 e. The summed E-state index contributed by atoms with van der Waals surface area (Å²) in [6, 6.07) is 10.3. The Kier molecular flexibility index (Phi) is 8.43. The molecule has 0 bridgehead atoms. The summed E-state index contributed by atoms with van der Waals surface area (Å²) >= 11 is 0. The van der Waals surface area contributed by atoms with E-state index < -0.39 is 23.6 Å². The van der Waals surface area contributed by atoms with E-state index in [0.29, 0.717) is 47.7 Å². The second-order valence-electron chi connectivity index (χ2n) is 12.4. The van der Waals surface area contributed by atoms with Gasteiger partial charge in [0.05, 0.1) is 47.7 Å². The number of rotatable bonds is 8. The summed E-state index contributed by atoms with van der Waals surface area (Å²) in [6.45, 7) is 10.0. The van der Waals surface area contributed by atoms with Crippen molar-refractivity contribution in [2.24, 2.45) is 0 Å². The number of esters is 2. The van der Waals surface area contributed by atoms with Crippen LogP contribution in [0.1, 0.15) is 79.7 Å². The van der Waals surface area contributed by atoms with Gasteiger partial charge < -0.3 is 28.8 Å². The van der Waals surface area contributed by atoms with E-state index in [1.54, 1.807) is 49.6 Å². The van der Waals surface area contributed by atoms with E-state index in [-0.39, 0.29) is 37.0 Å². The molecule has 4 aromatic rings. The molecule has 0 radical (unpaired) electrons. The summed E-state index contributed by atoms with van der Waals surface area (Å²) in [5.41, 5.74) is 4.64. The van der Waals surface area contributed by atoms with Crippen molar-refractivity contribution >= 4 is 28.9 Å². The highest BCUT2D eigenvalue weighted by Gasteiger charge is 2.34. The molecular formula is C35H36N4O8. The Bertz CT molecular complexity index is 1960. The zero-order valence-corrected chi connectivity index (χ0v) is 27.0. The maximum Gasteiger partial charge on any atom is 0.407 e. The number of carbonyl (C=O) groups is 3. The van der Waals surface area contributed by atoms with Crippen LogP contribution in [0.15, 0.2) is 47.4 Å². The van der Waals surface area contributed by atoms with E-state index in [1.165, 1.54) is 12.3 Å². The number of aromatic nitrogens is 3. The molecule has 0 saturated carbocycles. The van der Waals surface area contributed by atoms with E-state index in [1.807, 2.05) is 19.9 Å². The van der Waals surface area contributed by atoms with Crippen LogP contribution < -0.4 is 20.3 Å². The molecule has 3 aromatic heterocycles. The maximum absolute atomic E-state index is 13.6. The van der Waals surface area contributed by atoms with Gasteiger partial charge in [-0.3, -0.25) is 9.59 Å². The van der Waals surface area contributed by atoms with Crippen LogP contribution in [0.4, 0.5) is 4.79 Å². The molecule has 0 saturated heterocycles. The number of pyridine rings is 3. The highest BCUT2D eigenvalue weighted by molar-refractivity contribution is 5.92. The third kappa shape index (κ3) is 6.27. The maximum atomic E-state index is 13.6. The highest BCUT2D eigenvalue weighted by Crippen LogP contribution is 2.39. The molecular weight excluding hydrogens is 604 g/mol. The van der Waals surface area contributed by atoms with Gasteiger partial charge in [0.15, 0.2) is 0 Å². The summed E-state index contributed by atoms with van der Waals surface area (Å²) in [7, 11) is 0. The summed E-state index contributed by atoms with van der Waals surface area (Å²) in [4.78, 5) is 59.8. The molecule has 2 aliphatic rings. The largest absolute Gasteiger partial charge is 0.490 e. The van der Waals surface area contributed by atoms with Crippen LogP contribution in [0.5, 0.6) is 11.5 Å². The number of nitrogens with zero attached hydrogens (tertiary/aromatic N) is 3. The number of hydrogen-bond donors (Lipinski definition) is 1. The Morgan fingerprint density at radius 3 is 2.55 bits per heavy atom. The van der Waals surface area contributed by atoms with Gasteiger partial charge in [-0.25, -0.2) is 19.6 Å². The predicted octanol–water partition coefficient (Wildman–Crippen LogP) is 5.06. The van der Waals surface area contributed by atoms with Crippen molar-refractivity contribution in [2.75, 3.05) is 13.2 Å². The number of amides is 1. The third-order valence-electron chi connectivity index (χ3n) is 8.14. The highest BCUT2D eigenvalue weighted by atomic mass is 16.6. The summed E-state index contributed by atoms with van der Waals surface area (Å²) < 4.78 is 23.5. The predicted molar refractivity (Wildman–Crippen MR) is 172 cm³/mol. The van der Waals surface area contributed by atoms with Crippen molar-refractivity contribution in [3.63, 3.8) is 0 Å². The van der Waals surface area contributed by atoms with Gasteiger partial charge in [0.2, 0.25) is 0 Å². The second-order valence-corrected chi connectivity index (χ2v) is 12.4. The first-order chi connectivity index (χ1) is 22.5. The van der Waals surface area contributed by atoms with Crippen molar-refractivity contribution in [3.05, 3.63) is 80.9 Å². The van der Waals surface area contributed by atoms with Crippen LogP contribution in [0.25, 0.3) is 22.3 Å². The molecule has 1 amide bonds. The monoisotopic (exact) mass is 640 g/mol. The lowest BCUT2D eigenvalue weighted by Crippen LogP contribution is -2.34. The number of benzene rings is 1. The lowest BCUT2D eigenvalue weighted by Gasteiger charge is -2.24.